The van der Waals surface area contributed by atoms with E-state index in [1.807, 2.05) is 24.3 Å². The molecule has 0 fully saturated rings. The van der Waals surface area contributed by atoms with Gasteiger partial charge < -0.3 is 24.4 Å². The zero-order valence-corrected chi connectivity index (χ0v) is 18.2. The van der Waals surface area contributed by atoms with Crippen LogP contribution in [-0.2, 0) is 27.2 Å². The summed E-state index contributed by atoms with van der Waals surface area (Å²) in [6.45, 7) is 1.31. The normalized spacial score (nSPS) is 12.9. The van der Waals surface area contributed by atoms with Crippen molar-refractivity contribution in [2.45, 2.75) is 13.0 Å². The van der Waals surface area contributed by atoms with Gasteiger partial charge in [0.25, 0.3) is 0 Å². The van der Waals surface area contributed by atoms with Gasteiger partial charge in [-0.15, -0.1) is 11.3 Å². The topological polar surface area (TPSA) is 101 Å². The number of rotatable bonds is 7. The van der Waals surface area contributed by atoms with Crippen LogP contribution in [0.3, 0.4) is 0 Å². The lowest BCUT2D eigenvalue weighted by Gasteiger charge is -2.26. The lowest BCUT2D eigenvalue weighted by Crippen LogP contribution is -2.36. The molecule has 3 rings (SSSR count). The quantitative estimate of drug-likeness (QED) is 0.522. The number of nitriles is 1. The molecule has 162 valence electrons. The summed E-state index contributed by atoms with van der Waals surface area (Å²) < 4.78 is 15.3. The number of benzene rings is 1. The fourth-order valence-corrected chi connectivity index (χ4v) is 4.41. The molecule has 2 heterocycles. The van der Waals surface area contributed by atoms with E-state index in [9.17, 15) is 14.9 Å². The molecule has 1 aliphatic rings. The van der Waals surface area contributed by atoms with Crippen molar-refractivity contribution in [1.29, 1.82) is 5.26 Å². The lowest BCUT2D eigenvalue weighted by atomic mass is 10.0. The SMILES string of the molecule is COCCOC(=O)N1CCc2c(sc(NC(=O)/C=C/c3ccccc3OC)c2C#N)C1. The average Bonchev–Trinajstić information content (AvgIpc) is 3.13. The summed E-state index contributed by atoms with van der Waals surface area (Å²) in [4.78, 5) is 27.1. The summed E-state index contributed by atoms with van der Waals surface area (Å²) in [6.07, 6.45) is 3.17. The first-order valence-corrected chi connectivity index (χ1v) is 10.5. The monoisotopic (exact) mass is 441 g/mol. The molecule has 0 saturated carbocycles. The van der Waals surface area contributed by atoms with Crippen molar-refractivity contribution >= 4 is 34.4 Å². The number of thiophene rings is 1. The van der Waals surface area contributed by atoms with Crippen LogP contribution in [0.1, 0.15) is 21.6 Å². The Hall–Kier alpha value is -3.35. The number of nitrogens with one attached hydrogen (secondary N) is 1. The van der Waals surface area contributed by atoms with Gasteiger partial charge in [-0.25, -0.2) is 4.79 Å². The Bertz CT molecular complexity index is 1020. The number of carbonyl (C=O) groups excluding carboxylic acids is 2. The molecule has 0 saturated heterocycles. The molecule has 2 aromatic rings. The van der Waals surface area contributed by atoms with Crippen molar-refractivity contribution in [1.82, 2.24) is 4.90 Å². The van der Waals surface area contributed by atoms with E-state index < -0.39 is 6.09 Å². The van der Waals surface area contributed by atoms with Crippen LogP contribution in [-0.4, -0.2) is 50.9 Å². The first-order chi connectivity index (χ1) is 15.1. The van der Waals surface area contributed by atoms with Crippen LogP contribution in [0, 0.1) is 11.3 Å². The third-order valence-corrected chi connectivity index (χ3v) is 5.86. The fraction of sp³-hybridized carbons (Fsp3) is 0.318. The minimum atomic E-state index is -0.417. The van der Waals surface area contributed by atoms with E-state index in [-0.39, 0.29) is 12.5 Å². The molecule has 0 spiro atoms. The maximum Gasteiger partial charge on any atom is 0.410 e. The molecule has 1 N–H and O–H groups in total. The van der Waals surface area contributed by atoms with Crippen LogP contribution in [0.5, 0.6) is 5.75 Å². The number of methoxy groups -OCH3 is 2. The Morgan fingerprint density at radius 3 is 2.84 bits per heavy atom. The lowest BCUT2D eigenvalue weighted by molar-refractivity contribution is -0.111. The van der Waals surface area contributed by atoms with Gasteiger partial charge in [-0.3, -0.25) is 4.79 Å². The van der Waals surface area contributed by atoms with Crippen molar-refractivity contribution in [2.24, 2.45) is 0 Å². The number of hydrogen-bond acceptors (Lipinski definition) is 7. The van der Waals surface area contributed by atoms with Crippen molar-refractivity contribution in [3.63, 3.8) is 0 Å². The molecule has 1 aromatic heterocycles. The molecule has 0 radical (unpaired) electrons. The minimum absolute atomic E-state index is 0.187. The van der Waals surface area contributed by atoms with Crippen LogP contribution >= 0.6 is 11.3 Å². The van der Waals surface area contributed by atoms with Gasteiger partial charge in [0.15, 0.2) is 0 Å². The highest BCUT2D eigenvalue weighted by atomic mass is 32.1. The number of hydrogen-bond donors (Lipinski definition) is 1. The molecular weight excluding hydrogens is 418 g/mol. The van der Waals surface area contributed by atoms with Gasteiger partial charge in [0.2, 0.25) is 5.91 Å². The molecule has 8 nitrogen and oxygen atoms in total. The Labute approximate surface area is 184 Å². The molecule has 31 heavy (non-hydrogen) atoms. The molecule has 0 bridgehead atoms. The van der Waals surface area contributed by atoms with Crippen LogP contribution in [0.15, 0.2) is 30.3 Å². The highest BCUT2D eigenvalue weighted by Crippen LogP contribution is 2.36. The van der Waals surface area contributed by atoms with Crippen molar-refractivity contribution in [2.75, 3.05) is 39.3 Å². The molecule has 0 atom stereocenters. The second-order valence-corrected chi connectivity index (χ2v) is 7.77. The number of amides is 2. The number of fused-ring (bicyclic) bond motifs is 1. The number of para-hydroxylation sites is 1. The number of nitrogens with zero attached hydrogens (tertiary/aromatic N) is 2. The van der Waals surface area contributed by atoms with E-state index in [0.717, 1.165) is 16.0 Å². The van der Waals surface area contributed by atoms with E-state index in [1.54, 1.807) is 18.1 Å². The number of ether oxygens (including phenoxy) is 3. The Morgan fingerprint density at radius 2 is 2.10 bits per heavy atom. The number of anilines is 1. The molecule has 1 aliphatic heterocycles. The third kappa shape index (κ3) is 5.42. The highest BCUT2D eigenvalue weighted by Gasteiger charge is 2.28. The van der Waals surface area contributed by atoms with Gasteiger partial charge in [0, 0.05) is 30.2 Å². The van der Waals surface area contributed by atoms with E-state index in [1.165, 1.54) is 24.5 Å². The van der Waals surface area contributed by atoms with Crippen LogP contribution < -0.4 is 10.1 Å². The summed E-state index contributed by atoms with van der Waals surface area (Å²) in [6, 6.07) is 9.54. The summed E-state index contributed by atoms with van der Waals surface area (Å²) >= 11 is 1.31. The van der Waals surface area contributed by atoms with E-state index in [2.05, 4.69) is 11.4 Å². The van der Waals surface area contributed by atoms with Crippen LogP contribution in [0.4, 0.5) is 9.80 Å². The summed E-state index contributed by atoms with van der Waals surface area (Å²) in [5.41, 5.74) is 2.10. The fourth-order valence-electron chi connectivity index (χ4n) is 3.19. The minimum Gasteiger partial charge on any atom is -0.496 e. The molecular formula is C22H23N3O5S. The molecule has 9 heteroatoms. The Balaban J connectivity index is 1.69. The van der Waals surface area contributed by atoms with Crippen molar-refractivity contribution in [3.05, 3.63) is 51.9 Å². The summed E-state index contributed by atoms with van der Waals surface area (Å²) in [7, 11) is 3.11. The second-order valence-electron chi connectivity index (χ2n) is 6.66. The predicted molar refractivity (Wildman–Crippen MR) is 117 cm³/mol. The van der Waals surface area contributed by atoms with Gasteiger partial charge in [0.05, 0.1) is 25.8 Å². The van der Waals surface area contributed by atoms with Gasteiger partial charge in [-0.05, 0) is 24.1 Å². The van der Waals surface area contributed by atoms with Crippen molar-refractivity contribution in [3.8, 4) is 11.8 Å². The Morgan fingerprint density at radius 1 is 1.29 bits per heavy atom. The first kappa shape index (κ1) is 22.3. The standard InChI is InChI=1S/C22H23N3O5S/c1-28-11-12-30-22(27)25-10-9-16-17(13-23)21(31-19(16)14-25)24-20(26)8-7-15-5-3-4-6-18(15)29-2/h3-8H,9-12,14H2,1-2H3,(H,24,26)/b8-7+. The Kier molecular flexibility index (Phi) is 7.65. The van der Waals surface area contributed by atoms with Crippen LogP contribution in [0.25, 0.3) is 6.08 Å². The van der Waals surface area contributed by atoms with Gasteiger partial charge >= 0.3 is 6.09 Å². The van der Waals surface area contributed by atoms with E-state index >= 15 is 0 Å². The third-order valence-electron chi connectivity index (χ3n) is 4.73. The van der Waals surface area contributed by atoms with E-state index in [0.29, 0.717) is 42.4 Å². The van der Waals surface area contributed by atoms with Crippen molar-refractivity contribution < 1.29 is 23.8 Å². The van der Waals surface area contributed by atoms with Gasteiger partial charge in [-0.2, -0.15) is 5.26 Å². The largest absolute Gasteiger partial charge is 0.496 e. The first-order valence-electron chi connectivity index (χ1n) is 9.64. The smallest absolute Gasteiger partial charge is 0.410 e. The van der Waals surface area contributed by atoms with Gasteiger partial charge in [-0.1, -0.05) is 18.2 Å². The second kappa shape index (κ2) is 10.6. The maximum absolute atomic E-state index is 12.4. The van der Waals surface area contributed by atoms with Crippen LogP contribution in [0.2, 0.25) is 0 Å². The summed E-state index contributed by atoms with van der Waals surface area (Å²) in [5, 5.41) is 12.9. The molecule has 0 unspecified atom stereocenters. The van der Waals surface area contributed by atoms with E-state index in [4.69, 9.17) is 14.2 Å². The maximum atomic E-state index is 12.4. The highest BCUT2D eigenvalue weighted by molar-refractivity contribution is 7.16. The zero-order valence-electron chi connectivity index (χ0n) is 17.3. The molecule has 2 amide bonds. The summed E-state index contributed by atoms with van der Waals surface area (Å²) in [5.74, 6) is 0.310. The zero-order chi connectivity index (χ0) is 22.2. The van der Waals surface area contributed by atoms with Gasteiger partial charge in [0.1, 0.15) is 23.4 Å². The average molecular weight is 442 g/mol. The molecule has 1 aromatic carbocycles. The predicted octanol–water partition coefficient (Wildman–Crippen LogP) is 3.42. The number of carbonyl (C=O) groups is 2. The molecule has 0 aliphatic carbocycles.